The highest BCUT2D eigenvalue weighted by Gasteiger charge is 2.26. The van der Waals surface area contributed by atoms with Gasteiger partial charge in [-0.3, -0.25) is 13.9 Å². The van der Waals surface area contributed by atoms with E-state index in [1.807, 2.05) is 37.5 Å². The number of fused-ring (bicyclic) bond motifs is 2. The van der Waals surface area contributed by atoms with Crippen LogP contribution >= 0.6 is 0 Å². The fourth-order valence-corrected chi connectivity index (χ4v) is 5.15. The number of nitrogens with zero attached hydrogens (tertiary/aromatic N) is 5. The zero-order valence-corrected chi connectivity index (χ0v) is 20.3. The third kappa shape index (κ3) is 3.85. The van der Waals surface area contributed by atoms with Crippen molar-refractivity contribution in [2.24, 2.45) is 7.05 Å². The van der Waals surface area contributed by atoms with Crippen molar-refractivity contribution in [2.45, 2.75) is 32.9 Å². The molecule has 2 aromatic carbocycles. The summed E-state index contributed by atoms with van der Waals surface area (Å²) in [5, 5.41) is 20.2. The molecule has 0 unspecified atom stereocenters. The molecule has 0 saturated carbocycles. The fraction of sp³-hybridized carbons (Fsp3) is 0.214. The van der Waals surface area contributed by atoms with Gasteiger partial charge in [0.2, 0.25) is 0 Å². The maximum absolute atomic E-state index is 14.0. The minimum absolute atomic E-state index is 0.159. The standard InChI is InChI=1S/C28H25N5O3/c1-17-11-18(2)26-20(15-31(3)24(26)12-17)16-32-22-10-9-21(14-29)30-27(22)33(28(32)36)23(13-25(34)35)19-7-5-4-6-8-19/h4-12,15,23H,13,16H2,1-3H3,(H,34,35)/t23-/m1/s1. The number of aliphatic carboxylic acids is 1. The van der Waals surface area contributed by atoms with E-state index in [2.05, 4.69) is 35.5 Å². The summed E-state index contributed by atoms with van der Waals surface area (Å²) >= 11 is 0. The molecule has 5 rings (SSSR count). The summed E-state index contributed by atoms with van der Waals surface area (Å²) < 4.78 is 5.09. The van der Waals surface area contributed by atoms with Gasteiger partial charge >= 0.3 is 11.7 Å². The third-order valence-electron chi connectivity index (χ3n) is 6.63. The number of pyridine rings is 1. The van der Waals surface area contributed by atoms with Gasteiger partial charge in [0.1, 0.15) is 11.8 Å². The molecule has 3 aromatic heterocycles. The van der Waals surface area contributed by atoms with Crippen molar-refractivity contribution >= 4 is 28.0 Å². The normalized spacial score (nSPS) is 12.2. The summed E-state index contributed by atoms with van der Waals surface area (Å²) in [4.78, 5) is 30.3. The second-order valence-corrected chi connectivity index (χ2v) is 9.16. The average Bonchev–Trinajstić information content (AvgIpc) is 3.31. The molecule has 5 aromatic rings. The Hall–Kier alpha value is -4.64. The van der Waals surface area contributed by atoms with Gasteiger partial charge < -0.3 is 9.67 Å². The first-order chi connectivity index (χ1) is 17.3. The molecule has 3 heterocycles. The fourth-order valence-electron chi connectivity index (χ4n) is 5.15. The number of carbonyl (C=O) groups is 1. The summed E-state index contributed by atoms with van der Waals surface area (Å²) in [5.41, 5.74) is 5.65. The second kappa shape index (κ2) is 8.86. The highest BCUT2D eigenvalue weighted by atomic mass is 16.4. The summed E-state index contributed by atoms with van der Waals surface area (Å²) in [6.07, 6.45) is 1.73. The Labute approximate surface area is 207 Å². The van der Waals surface area contributed by atoms with Crippen molar-refractivity contribution in [1.82, 2.24) is 18.7 Å². The Morgan fingerprint density at radius 1 is 1.11 bits per heavy atom. The molecule has 1 atom stereocenters. The van der Waals surface area contributed by atoms with Crippen molar-refractivity contribution < 1.29 is 9.90 Å². The number of rotatable bonds is 6. The van der Waals surface area contributed by atoms with Gasteiger partial charge in [-0.1, -0.05) is 36.4 Å². The zero-order chi connectivity index (χ0) is 25.6. The molecular weight excluding hydrogens is 454 g/mol. The van der Waals surface area contributed by atoms with Crippen molar-refractivity contribution in [1.29, 1.82) is 5.26 Å². The van der Waals surface area contributed by atoms with E-state index in [1.165, 1.54) is 4.57 Å². The number of aromatic nitrogens is 4. The molecule has 0 spiro atoms. The van der Waals surface area contributed by atoms with Gasteiger partial charge in [-0.05, 0) is 54.3 Å². The monoisotopic (exact) mass is 479 g/mol. The topological polar surface area (TPSA) is 106 Å². The highest BCUT2D eigenvalue weighted by molar-refractivity contribution is 5.88. The summed E-state index contributed by atoms with van der Waals surface area (Å²) in [5.74, 6) is -1.03. The molecule has 0 aliphatic rings. The van der Waals surface area contributed by atoms with Gasteiger partial charge in [0.05, 0.1) is 24.5 Å². The van der Waals surface area contributed by atoms with Crippen LogP contribution in [0.1, 0.15) is 40.4 Å². The number of hydrogen-bond acceptors (Lipinski definition) is 4. The third-order valence-corrected chi connectivity index (χ3v) is 6.63. The Morgan fingerprint density at radius 2 is 1.86 bits per heavy atom. The summed E-state index contributed by atoms with van der Waals surface area (Å²) in [6, 6.07) is 17.8. The van der Waals surface area contributed by atoms with E-state index >= 15 is 0 Å². The van der Waals surface area contributed by atoms with E-state index in [0.717, 1.165) is 27.6 Å². The molecule has 0 radical (unpaired) electrons. The first-order valence-electron chi connectivity index (χ1n) is 11.6. The number of aryl methyl sites for hydroxylation is 3. The average molecular weight is 480 g/mol. The number of hydrogen-bond donors (Lipinski definition) is 1. The van der Waals surface area contributed by atoms with Crippen LogP contribution in [0.4, 0.5) is 0 Å². The van der Waals surface area contributed by atoms with Crippen molar-refractivity contribution in [3.05, 3.63) is 99.2 Å². The summed E-state index contributed by atoms with van der Waals surface area (Å²) in [6.45, 7) is 4.40. The lowest BCUT2D eigenvalue weighted by atomic mass is 10.0. The van der Waals surface area contributed by atoms with Gasteiger partial charge in [0, 0.05) is 24.1 Å². The summed E-state index contributed by atoms with van der Waals surface area (Å²) in [7, 11) is 1.98. The van der Waals surface area contributed by atoms with E-state index in [4.69, 9.17) is 0 Å². The van der Waals surface area contributed by atoms with Crippen molar-refractivity contribution in [2.75, 3.05) is 0 Å². The number of imidazole rings is 1. The Balaban J connectivity index is 1.77. The van der Waals surface area contributed by atoms with Gasteiger partial charge in [-0.15, -0.1) is 0 Å². The number of carboxylic acids is 1. The molecule has 180 valence electrons. The molecule has 0 saturated heterocycles. The molecule has 36 heavy (non-hydrogen) atoms. The van der Waals surface area contributed by atoms with Gasteiger partial charge in [-0.2, -0.15) is 5.26 Å². The quantitative estimate of drug-likeness (QED) is 0.391. The van der Waals surface area contributed by atoms with Crippen LogP contribution in [0.5, 0.6) is 0 Å². The van der Waals surface area contributed by atoms with Crippen LogP contribution in [0.25, 0.3) is 22.1 Å². The van der Waals surface area contributed by atoms with Crippen LogP contribution < -0.4 is 5.69 Å². The maximum atomic E-state index is 14.0. The van der Waals surface area contributed by atoms with E-state index in [9.17, 15) is 20.0 Å². The number of carboxylic acid groups (broad SMARTS) is 1. The molecule has 0 aliphatic heterocycles. The number of benzene rings is 2. The van der Waals surface area contributed by atoms with E-state index in [-0.39, 0.29) is 24.3 Å². The Morgan fingerprint density at radius 3 is 2.56 bits per heavy atom. The lowest BCUT2D eigenvalue weighted by molar-refractivity contribution is -0.137. The van der Waals surface area contributed by atoms with E-state index in [1.54, 1.807) is 28.8 Å². The molecule has 8 nitrogen and oxygen atoms in total. The molecule has 0 aliphatic carbocycles. The smallest absolute Gasteiger partial charge is 0.331 e. The lowest BCUT2D eigenvalue weighted by Crippen LogP contribution is -2.29. The zero-order valence-electron chi connectivity index (χ0n) is 20.3. The molecule has 0 amide bonds. The maximum Gasteiger partial charge on any atom is 0.331 e. The second-order valence-electron chi connectivity index (χ2n) is 9.16. The van der Waals surface area contributed by atoms with Gasteiger partial charge in [-0.25, -0.2) is 9.78 Å². The van der Waals surface area contributed by atoms with Gasteiger partial charge in [0.15, 0.2) is 5.65 Å². The first kappa shape index (κ1) is 23.1. The molecule has 0 bridgehead atoms. The first-order valence-corrected chi connectivity index (χ1v) is 11.6. The number of nitriles is 1. The minimum atomic E-state index is -1.03. The molecule has 8 heteroatoms. The minimum Gasteiger partial charge on any atom is -0.481 e. The van der Waals surface area contributed by atoms with Crippen LogP contribution in [0.15, 0.2) is 65.6 Å². The molecule has 1 N–H and O–H groups in total. The van der Waals surface area contributed by atoms with Gasteiger partial charge in [0.25, 0.3) is 0 Å². The lowest BCUT2D eigenvalue weighted by Gasteiger charge is -2.17. The van der Waals surface area contributed by atoms with Crippen LogP contribution in [0.3, 0.4) is 0 Å². The van der Waals surface area contributed by atoms with Crippen LogP contribution in [0, 0.1) is 25.2 Å². The Kier molecular flexibility index (Phi) is 5.69. The van der Waals surface area contributed by atoms with Crippen LogP contribution in [-0.2, 0) is 18.4 Å². The van der Waals surface area contributed by atoms with Crippen LogP contribution in [0.2, 0.25) is 0 Å². The van der Waals surface area contributed by atoms with Crippen LogP contribution in [-0.4, -0.2) is 29.8 Å². The largest absolute Gasteiger partial charge is 0.481 e. The highest BCUT2D eigenvalue weighted by Crippen LogP contribution is 2.29. The predicted molar refractivity (Wildman–Crippen MR) is 137 cm³/mol. The van der Waals surface area contributed by atoms with Crippen molar-refractivity contribution in [3.8, 4) is 6.07 Å². The SMILES string of the molecule is Cc1cc(C)c2c(Cn3c(=O)n([C@H](CC(=O)O)c4ccccc4)c4nc(C#N)ccc43)cn(C)c2c1. The van der Waals surface area contributed by atoms with E-state index < -0.39 is 12.0 Å². The van der Waals surface area contributed by atoms with Crippen molar-refractivity contribution in [3.63, 3.8) is 0 Å². The van der Waals surface area contributed by atoms with E-state index in [0.29, 0.717) is 16.7 Å². The molecular formula is C28H25N5O3. The predicted octanol–water partition coefficient (Wildman–Crippen LogP) is 4.29. The molecule has 0 fully saturated rings. The Bertz CT molecular complexity index is 1730.